The highest BCUT2D eigenvalue weighted by Crippen LogP contribution is 2.26. The topological polar surface area (TPSA) is 17.8 Å². The second-order valence-corrected chi connectivity index (χ2v) is 4.82. The van der Waals surface area contributed by atoms with Crippen LogP contribution >= 0.6 is 0 Å². The molecule has 0 saturated heterocycles. The van der Waals surface area contributed by atoms with Crippen molar-refractivity contribution in [3.63, 3.8) is 0 Å². The van der Waals surface area contributed by atoms with Gasteiger partial charge in [-0.15, -0.1) is 0 Å². The van der Waals surface area contributed by atoms with Gasteiger partial charge in [0.15, 0.2) is 0 Å². The van der Waals surface area contributed by atoms with Crippen LogP contribution in [-0.4, -0.2) is 9.78 Å². The smallest absolute Gasteiger partial charge is 0.0682 e. The SMILES string of the molecule is [2H]c1ccc2cnn(CC3CCCCC3)c2c1. The Labute approximate surface area is 97.7 Å². The largest absolute Gasteiger partial charge is 0.265 e. The molecule has 1 aromatic carbocycles. The van der Waals surface area contributed by atoms with Gasteiger partial charge in [0.2, 0.25) is 0 Å². The van der Waals surface area contributed by atoms with Crippen molar-refractivity contribution in [2.45, 2.75) is 38.6 Å². The van der Waals surface area contributed by atoms with Gasteiger partial charge in [-0.25, -0.2) is 0 Å². The Morgan fingerprint density at radius 1 is 1.31 bits per heavy atom. The highest BCUT2D eigenvalue weighted by Gasteiger charge is 2.15. The molecule has 0 aliphatic heterocycles. The van der Waals surface area contributed by atoms with E-state index in [0.29, 0.717) is 6.04 Å². The molecule has 3 rings (SSSR count). The average Bonchev–Trinajstić information content (AvgIpc) is 2.73. The highest BCUT2D eigenvalue weighted by atomic mass is 15.3. The van der Waals surface area contributed by atoms with Crippen LogP contribution in [-0.2, 0) is 6.54 Å². The predicted molar refractivity (Wildman–Crippen MR) is 66.3 cm³/mol. The lowest BCUT2D eigenvalue weighted by Gasteiger charge is -2.21. The third-order valence-corrected chi connectivity index (χ3v) is 3.65. The lowest BCUT2D eigenvalue weighted by Crippen LogP contribution is -2.14. The Balaban J connectivity index is 1.86. The molecule has 1 aliphatic rings. The summed E-state index contributed by atoms with van der Waals surface area (Å²) in [5, 5.41) is 5.61. The Morgan fingerprint density at radius 2 is 2.19 bits per heavy atom. The minimum atomic E-state index is 0.572. The second kappa shape index (κ2) is 4.28. The van der Waals surface area contributed by atoms with E-state index in [1.54, 1.807) is 0 Å². The summed E-state index contributed by atoms with van der Waals surface area (Å²) < 4.78 is 9.78. The third-order valence-electron chi connectivity index (χ3n) is 3.65. The summed E-state index contributed by atoms with van der Waals surface area (Å²) in [6.07, 6.45) is 8.72. The molecule has 0 atom stereocenters. The number of fused-ring (bicyclic) bond motifs is 1. The molecule has 1 aliphatic carbocycles. The first-order valence-electron chi connectivity index (χ1n) is 6.75. The Kier molecular flexibility index (Phi) is 2.35. The molecular weight excluding hydrogens is 196 g/mol. The van der Waals surface area contributed by atoms with E-state index in [-0.39, 0.29) is 0 Å². The molecule has 0 radical (unpaired) electrons. The summed E-state index contributed by atoms with van der Waals surface area (Å²) in [6.45, 7) is 1.02. The summed E-state index contributed by atoms with van der Waals surface area (Å²) in [5.74, 6) is 0.779. The minimum Gasteiger partial charge on any atom is -0.265 e. The lowest BCUT2D eigenvalue weighted by atomic mass is 9.89. The van der Waals surface area contributed by atoms with Crippen LogP contribution in [0.25, 0.3) is 10.9 Å². The lowest BCUT2D eigenvalue weighted by molar-refractivity contribution is 0.312. The van der Waals surface area contributed by atoms with Gasteiger partial charge in [-0.05, 0) is 24.8 Å². The van der Waals surface area contributed by atoms with Gasteiger partial charge in [-0.2, -0.15) is 5.10 Å². The monoisotopic (exact) mass is 215 g/mol. The van der Waals surface area contributed by atoms with Crippen molar-refractivity contribution in [2.24, 2.45) is 5.92 Å². The summed E-state index contributed by atoms with van der Waals surface area (Å²) in [6, 6.07) is 6.31. The van der Waals surface area contributed by atoms with Gasteiger partial charge in [0.1, 0.15) is 0 Å². The average molecular weight is 215 g/mol. The molecule has 0 bridgehead atoms. The number of hydrogen-bond donors (Lipinski definition) is 0. The van der Waals surface area contributed by atoms with Crippen molar-refractivity contribution in [1.29, 1.82) is 0 Å². The molecule has 1 fully saturated rings. The number of rotatable bonds is 2. The molecule has 0 spiro atoms. The highest BCUT2D eigenvalue weighted by molar-refractivity contribution is 5.78. The van der Waals surface area contributed by atoms with Crippen molar-refractivity contribution >= 4 is 10.9 Å². The van der Waals surface area contributed by atoms with Crippen LogP contribution in [0.5, 0.6) is 0 Å². The van der Waals surface area contributed by atoms with Crippen molar-refractivity contribution in [3.05, 3.63) is 30.4 Å². The van der Waals surface area contributed by atoms with Gasteiger partial charge >= 0.3 is 0 Å². The van der Waals surface area contributed by atoms with Crippen LogP contribution in [0.1, 0.15) is 33.5 Å². The third kappa shape index (κ3) is 1.84. The molecule has 2 aromatic rings. The molecule has 1 aromatic heterocycles. The second-order valence-electron chi connectivity index (χ2n) is 4.82. The minimum absolute atomic E-state index is 0.572. The van der Waals surface area contributed by atoms with Crippen molar-refractivity contribution < 1.29 is 1.37 Å². The predicted octanol–water partition coefficient (Wildman–Crippen LogP) is 3.62. The fraction of sp³-hybridized carbons (Fsp3) is 0.500. The van der Waals surface area contributed by atoms with Gasteiger partial charge in [0, 0.05) is 11.9 Å². The molecule has 84 valence electrons. The molecular formula is C14H18N2. The molecule has 1 heterocycles. The number of aromatic nitrogens is 2. The zero-order valence-corrected chi connectivity index (χ0v) is 9.52. The summed E-state index contributed by atoms with van der Waals surface area (Å²) in [7, 11) is 0. The van der Waals surface area contributed by atoms with Gasteiger partial charge in [0.25, 0.3) is 0 Å². The molecule has 16 heavy (non-hydrogen) atoms. The van der Waals surface area contributed by atoms with Crippen LogP contribution < -0.4 is 0 Å². The van der Waals surface area contributed by atoms with Gasteiger partial charge < -0.3 is 0 Å². The normalized spacial score (nSPS) is 18.9. The van der Waals surface area contributed by atoms with Crippen molar-refractivity contribution in [1.82, 2.24) is 9.78 Å². The maximum atomic E-state index is 7.69. The van der Waals surface area contributed by atoms with E-state index in [1.807, 2.05) is 24.4 Å². The van der Waals surface area contributed by atoms with Gasteiger partial charge in [0.05, 0.1) is 13.1 Å². The maximum Gasteiger partial charge on any atom is 0.0682 e. The summed E-state index contributed by atoms with van der Waals surface area (Å²) >= 11 is 0. The quantitative estimate of drug-likeness (QED) is 0.748. The fourth-order valence-corrected chi connectivity index (χ4v) is 2.72. The van der Waals surface area contributed by atoms with E-state index >= 15 is 0 Å². The maximum absolute atomic E-state index is 7.69. The van der Waals surface area contributed by atoms with Gasteiger partial charge in [-0.3, -0.25) is 4.68 Å². The summed E-state index contributed by atoms with van der Waals surface area (Å²) in [4.78, 5) is 0. The van der Waals surface area contributed by atoms with E-state index in [9.17, 15) is 0 Å². The Hall–Kier alpha value is -1.31. The van der Waals surface area contributed by atoms with E-state index < -0.39 is 0 Å². The van der Waals surface area contributed by atoms with Gasteiger partial charge in [-0.1, -0.05) is 37.4 Å². The zero-order chi connectivity index (χ0) is 11.7. The molecule has 1 saturated carbocycles. The molecule has 0 amide bonds. The molecule has 0 unspecified atom stereocenters. The first-order chi connectivity index (χ1) is 8.33. The van der Waals surface area contributed by atoms with Crippen LogP contribution in [0, 0.1) is 5.92 Å². The Morgan fingerprint density at radius 3 is 3.06 bits per heavy atom. The van der Waals surface area contributed by atoms with Crippen LogP contribution in [0.15, 0.2) is 30.4 Å². The number of benzene rings is 1. The Bertz CT molecular complexity index is 512. The summed E-state index contributed by atoms with van der Waals surface area (Å²) in [5.41, 5.74) is 1.11. The van der Waals surface area contributed by atoms with Crippen LogP contribution in [0.2, 0.25) is 0 Å². The molecule has 2 heteroatoms. The molecule has 2 nitrogen and oxygen atoms in total. The van der Waals surface area contributed by atoms with E-state index in [0.717, 1.165) is 23.4 Å². The van der Waals surface area contributed by atoms with Crippen LogP contribution in [0.3, 0.4) is 0 Å². The molecule has 0 N–H and O–H groups in total. The fourth-order valence-electron chi connectivity index (χ4n) is 2.72. The standard InChI is InChI=1S/C14H18N2/c1-2-6-12(7-3-1)11-16-14-9-5-4-8-13(14)10-15-16/h4-5,8-10,12H,1-3,6-7,11H2/i5D. The van der Waals surface area contributed by atoms with Crippen molar-refractivity contribution in [3.8, 4) is 0 Å². The first kappa shape index (κ1) is 8.80. The number of para-hydroxylation sites is 1. The number of hydrogen-bond acceptors (Lipinski definition) is 1. The zero-order valence-electron chi connectivity index (χ0n) is 10.5. The van der Waals surface area contributed by atoms with Crippen LogP contribution in [0.4, 0.5) is 0 Å². The van der Waals surface area contributed by atoms with E-state index in [4.69, 9.17) is 1.37 Å². The van der Waals surface area contributed by atoms with Crippen molar-refractivity contribution in [2.75, 3.05) is 0 Å². The van der Waals surface area contributed by atoms with E-state index in [1.165, 1.54) is 32.1 Å². The number of nitrogens with zero attached hydrogens (tertiary/aromatic N) is 2. The van der Waals surface area contributed by atoms with E-state index in [2.05, 4.69) is 9.78 Å². The first-order valence-corrected chi connectivity index (χ1v) is 6.25.